The van der Waals surface area contributed by atoms with E-state index < -0.39 is 10.0 Å². The van der Waals surface area contributed by atoms with Gasteiger partial charge in [0.1, 0.15) is 0 Å². The molecule has 0 radical (unpaired) electrons. The van der Waals surface area contributed by atoms with E-state index in [0.717, 1.165) is 31.2 Å². The molecule has 1 aliphatic rings. The number of nitrogens with two attached hydrogens (primary N) is 1. The highest BCUT2D eigenvalue weighted by Crippen LogP contribution is 2.25. The largest absolute Gasteiger partial charge is 0.384 e. The molecule has 0 bridgehead atoms. The minimum Gasteiger partial charge on any atom is -0.384 e. The quantitative estimate of drug-likeness (QED) is 0.628. The summed E-state index contributed by atoms with van der Waals surface area (Å²) < 4.78 is 32.7. The Morgan fingerprint density at radius 1 is 1.30 bits per heavy atom. The summed E-state index contributed by atoms with van der Waals surface area (Å²) in [4.78, 5) is 12.0. The predicted molar refractivity (Wildman–Crippen MR) is 107 cm³/mol. The van der Waals surface area contributed by atoms with Crippen LogP contribution in [0.5, 0.6) is 0 Å². The monoisotopic (exact) mass is 419 g/mol. The highest BCUT2D eigenvalue weighted by atomic mass is 35.5. The maximum Gasteiger partial charge on any atom is 0.243 e. The van der Waals surface area contributed by atoms with Gasteiger partial charge in [-0.3, -0.25) is 4.79 Å². The molecule has 1 unspecified atom stereocenters. The number of piperidine rings is 1. The molecular formula is C18H30ClN3O4S. The van der Waals surface area contributed by atoms with Gasteiger partial charge >= 0.3 is 0 Å². The molecule has 154 valence electrons. The summed E-state index contributed by atoms with van der Waals surface area (Å²) in [7, 11) is -1.94. The normalized spacial score (nSPS) is 17.9. The number of benzene rings is 1. The third-order valence-corrected chi connectivity index (χ3v) is 6.57. The number of nitrogens with one attached hydrogen (secondary N) is 1. The van der Waals surface area contributed by atoms with Gasteiger partial charge in [-0.15, -0.1) is 12.4 Å². The number of methoxy groups -OCH3 is 1. The van der Waals surface area contributed by atoms with Crippen molar-refractivity contribution in [2.45, 2.75) is 43.0 Å². The molecule has 0 spiro atoms. The van der Waals surface area contributed by atoms with Crippen LogP contribution in [0.1, 0.15) is 31.2 Å². The fourth-order valence-corrected chi connectivity index (χ4v) is 4.82. The van der Waals surface area contributed by atoms with E-state index in [1.807, 2.05) is 12.1 Å². The van der Waals surface area contributed by atoms with E-state index >= 15 is 0 Å². The van der Waals surface area contributed by atoms with Crippen molar-refractivity contribution in [2.24, 2.45) is 5.73 Å². The van der Waals surface area contributed by atoms with Gasteiger partial charge in [0.2, 0.25) is 15.9 Å². The molecule has 9 heteroatoms. The molecule has 1 fully saturated rings. The first-order valence-electron chi connectivity index (χ1n) is 9.05. The molecular weight excluding hydrogens is 390 g/mol. The van der Waals surface area contributed by atoms with Gasteiger partial charge in [0.05, 0.1) is 11.5 Å². The van der Waals surface area contributed by atoms with Crippen LogP contribution in [-0.4, -0.2) is 58.0 Å². The molecule has 1 saturated heterocycles. The van der Waals surface area contributed by atoms with Gasteiger partial charge in [-0.2, -0.15) is 4.31 Å². The number of rotatable bonds is 9. The number of ether oxygens (including phenoxy) is 1. The zero-order chi connectivity index (χ0) is 19.0. The first-order chi connectivity index (χ1) is 12.5. The van der Waals surface area contributed by atoms with Gasteiger partial charge in [-0.25, -0.2) is 8.42 Å². The lowest BCUT2D eigenvalue weighted by Crippen LogP contribution is -2.49. The Labute approximate surface area is 168 Å². The summed E-state index contributed by atoms with van der Waals surface area (Å²) in [6.45, 7) is 1.69. The number of hydrogen-bond acceptors (Lipinski definition) is 5. The van der Waals surface area contributed by atoms with Crippen molar-refractivity contribution in [3.63, 3.8) is 0 Å². The van der Waals surface area contributed by atoms with Gasteiger partial charge in [0.15, 0.2) is 0 Å². The molecule has 1 aromatic carbocycles. The predicted octanol–water partition coefficient (Wildman–Crippen LogP) is 1.31. The number of carbonyl (C=O) groups excluding carboxylic acids is 1. The average molecular weight is 420 g/mol. The van der Waals surface area contributed by atoms with Crippen molar-refractivity contribution >= 4 is 28.3 Å². The summed E-state index contributed by atoms with van der Waals surface area (Å²) in [6.07, 6.45) is 3.53. The Hall–Kier alpha value is -1.19. The smallest absolute Gasteiger partial charge is 0.243 e. The van der Waals surface area contributed by atoms with Crippen LogP contribution in [-0.2, 0) is 26.0 Å². The maximum atomic E-state index is 13.1. The van der Waals surface area contributed by atoms with E-state index in [2.05, 4.69) is 5.32 Å². The Morgan fingerprint density at radius 3 is 2.63 bits per heavy atom. The molecule has 1 aromatic rings. The van der Waals surface area contributed by atoms with Crippen LogP contribution in [0.2, 0.25) is 0 Å². The highest BCUT2D eigenvalue weighted by molar-refractivity contribution is 7.89. The number of nitrogens with zero attached hydrogens (tertiary/aromatic N) is 1. The number of amides is 1. The van der Waals surface area contributed by atoms with Gasteiger partial charge < -0.3 is 15.8 Å². The second-order valence-corrected chi connectivity index (χ2v) is 8.39. The molecule has 2 rings (SSSR count). The fraction of sp³-hybridized carbons (Fsp3) is 0.611. The summed E-state index contributed by atoms with van der Waals surface area (Å²) in [5.41, 5.74) is 6.42. The average Bonchev–Trinajstić information content (AvgIpc) is 2.65. The number of halogens is 1. The van der Waals surface area contributed by atoms with E-state index in [9.17, 15) is 13.2 Å². The van der Waals surface area contributed by atoms with Crippen molar-refractivity contribution in [3.05, 3.63) is 29.8 Å². The van der Waals surface area contributed by atoms with Crippen LogP contribution in [0.3, 0.4) is 0 Å². The Kier molecular flexibility index (Phi) is 10.3. The van der Waals surface area contributed by atoms with Crippen molar-refractivity contribution in [2.75, 3.05) is 33.4 Å². The third-order valence-electron chi connectivity index (χ3n) is 4.60. The Morgan fingerprint density at radius 2 is 2.00 bits per heavy atom. The van der Waals surface area contributed by atoms with Crippen LogP contribution in [0, 0.1) is 0 Å². The minimum absolute atomic E-state index is 0. The van der Waals surface area contributed by atoms with Gasteiger partial charge in [0, 0.05) is 39.2 Å². The summed E-state index contributed by atoms with van der Waals surface area (Å²) >= 11 is 0. The van der Waals surface area contributed by atoms with Crippen LogP contribution in [0.4, 0.5) is 0 Å². The van der Waals surface area contributed by atoms with Gasteiger partial charge in [-0.05, 0) is 37.0 Å². The molecule has 0 aromatic heterocycles. The lowest BCUT2D eigenvalue weighted by atomic mass is 10.1. The first kappa shape index (κ1) is 23.8. The number of carbonyl (C=O) groups is 1. The maximum absolute atomic E-state index is 13.1. The third kappa shape index (κ3) is 6.73. The SMILES string of the molecule is COCCc1ccc(S(=O)(=O)N2CCCCC2CNC(=O)CCN)cc1.Cl. The van der Waals surface area contributed by atoms with Crippen molar-refractivity contribution in [1.82, 2.24) is 9.62 Å². The van der Waals surface area contributed by atoms with E-state index in [4.69, 9.17) is 10.5 Å². The molecule has 1 heterocycles. The number of sulfonamides is 1. The van der Waals surface area contributed by atoms with E-state index in [1.165, 1.54) is 4.31 Å². The van der Waals surface area contributed by atoms with E-state index in [0.29, 0.717) is 24.6 Å². The molecule has 3 N–H and O–H groups in total. The standard InChI is InChI=1S/C18H29N3O4S.ClH/c1-25-13-10-15-5-7-17(8-6-15)26(23,24)21-12-3-2-4-16(21)14-20-18(22)9-11-19;/h5-8,16H,2-4,9-14,19H2,1H3,(H,20,22);1H. The van der Waals surface area contributed by atoms with Gasteiger partial charge in [0.25, 0.3) is 0 Å². The molecule has 1 atom stereocenters. The van der Waals surface area contributed by atoms with Gasteiger partial charge in [-0.1, -0.05) is 18.6 Å². The van der Waals surface area contributed by atoms with E-state index in [1.54, 1.807) is 19.2 Å². The molecule has 1 aliphatic heterocycles. The summed E-state index contributed by atoms with van der Waals surface area (Å²) in [6, 6.07) is 6.74. The lowest BCUT2D eigenvalue weighted by Gasteiger charge is -2.34. The minimum atomic E-state index is -3.58. The van der Waals surface area contributed by atoms with Crippen LogP contribution in [0.15, 0.2) is 29.2 Å². The molecule has 27 heavy (non-hydrogen) atoms. The highest BCUT2D eigenvalue weighted by Gasteiger charge is 2.33. The molecule has 7 nitrogen and oxygen atoms in total. The fourth-order valence-electron chi connectivity index (χ4n) is 3.13. The summed E-state index contributed by atoms with van der Waals surface area (Å²) in [5.74, 6) is -0.141. The zero-order valence-electron chi connectivity index (χ0n) is 15.7. The number of hydrogen-bond donors (Lipinski definition) is 2. The molecule has 1 amide bonds. The molecule has 0 aliphatic carbocycles. The van der Waals surface area contributed by atoms with Crippen molar-refractivity contribution < 1.29 is 17.9 Å². The second kappa shape index (κ2) is 11.6. The van der Waals surface area contributed by atoms with Crippen LogP contribution < -0.4 is 11.1 Å². The van der Waals surface area contributed by atoms with E-state index in [-0.39, 0.29) is 37.3 Å². The van der Waals surface area contributed by atoms with Crippen molar-refractivity contribution in [3.8, 4) is 0 Å². The van der Waals surface area contributed by atoms with Crippen molar-refractivity contribution in [1.29, 1.82) is 0 Å². The zero-order valence-corrected chi connectivity index (χ0v) is 17.4. The summed E-state index contributed by atoms with van der Waals surface area (Å²) in [5, 5.41) is 2.80. The Bertz CT molecular complexity index is 682. The van der Waals surface area contributed by atoms with Crippen LogP contribution in [0.25, 0.3) is 0 Å². The lowest BCUT2D eigenvalue weighted by molar-refractivity contribution is -0.121. The molecule has 0 saturated carbocycles. The second-order valence-electron chi connectivity index (χ2n) is 6.49. The Balaban J connectivity index is 0.00000364. The van der Waals surface area contributed by atoms with Crippen LogP contribution >= 0.6 is 12.4 Å². The topological polar surface area (TPSA) is 102 Å². The first-order valence-corrected chi connectivity index (χ1v) is 10.5.